The summed E-state index contributed by atoms with van der Waals surface area (Å²) in [4.78, 5) is 33.2. The maximum atomic E-state index is 12.7. The molecule has 1 aromatic heterocycles. The monoisotopic (exact) mass is 338 g/mol. The molecule has 7 nitrogen and oxygen atoms in total. The highest BCUT2D eigenvalue weighted by Crippen LogP contribution is 2.23. The van der Waals surface area contributed by atoms with Crippen LogP contribution in [0.5, 0.6) is 0 Å². The van der Waals surface area contributed by atoms with Gasteiger partial charge in [-0.05, 0) is 19.3 Å². The Morgan fingerprint density at radius 3 is 2.91 bits per heavy atom. The van der Waals surface area contributed by atoms with Crippen LogP contribution in [-0.2, 0) is 11.3 Å². The van der Waals surface area contributed by atoms with Gasteiger partial charge in [-0.25, -0.2) is 9.78 Å². The van der Waals surface area contributed by atoms with Crippen LogP contribution in [0.15, 0.2) is 5.51 Å². The Balaban J connectivity index is 1.59. The quantitative estimate of drug-likeness (QED) is 0.898. The summed E-state index contributed by atoms with van der Waals surface area (Å²) in [5.41, 5.74) is 2.40. The van der Waals surface area contributed by atoms with Crippen molar-refractivity contribution in [2.75, 3.05) is 33.3 Å². The van der Waals surface area contributed by atoms with E-state index in [-0.39, 0.29) is 18.0 Å². The third kappa shape index (κ3) is 3.48. The molecule has 2 aliphatic rings. The number of aromatic nitrogens is 1. The van der Waals surface area contributed by atoms with Gasteiger partial charge in [0.05, 0.1) is 17.8 Å². The van der Waals surface area contributed by atoms with Crippen LogP contribution < -0.4 is 5.32 Å². The highest BCUT2D eigenvalue weighted by Gasteiger charge is 2.32. The molecule has 1 N–H and O–H groups in total. The van der Waals surface area contributed by atoms with Crippen LogP contribution in [0.4, 0.5) is 4.79 Å². The Hall–Kier alpha value is -1.67. The lowest BCUT2D eigenvalue weighted by Crippen LogP contribution is -2.54. The SMILES string of the molecule is COCc1ncsc1C(=O)N1CCC(N2CCCNC2=O)CC1. The molecule has 0 bridgehead atoms. The molecule has 0 aliphatic carbocycles. The predicted molar refractivity (Wildman–Crippen MR) is 86.5 cm³/mol. The summed E-state index contributed by atoms with van der Waals surface area (Å²) in [5, 5.41) is 2.89. The standard InChI is InChI=1S/C15H22N4O3S/c1-22-9-12-13(23-10-17-12)14(20)18-7-3-11(4-8-18)19-6-2-5-16-15(19)21/h10-11H,2-9H2,1H3,(H,16,21). The van der Waals surface area contributed by atoms with E-state index in [0.717, 1.165) is 32.4 Å². The van der Waals surface area contributed by atoms with Crippen LogP contribution in [0.25, 0.3) is 0 Å². The first-order valence-electron chi connectivity index (χ1n) is 7.95. The van der Waals surface area contributed by atoms with E-state index in [0.29, 0.717) is 30.3 Å². The molecule has 2 fully saturated rings. The van der Waals surface area contributed by atoms with Gasteiger partial charge in [0.25, 0.3) is 5.91 Å². The topological polar surface area (TPSA) is 74.8 Å². The highest BCUT2D eigenvalue weighted by molar-refractivity contribution is 7.11. The number of carbonyl (C=O) groups is 2. The number of hydrogen-bond donors (Lipinski definition) is 1. The normalized spacial score (nSPS) is 19.8. The number of piperidine rings is 1. The Labute approximate surface area is 139 Å². The van der Waals surface area contributed by atoms with Crippen molar-refractivity contribution in [2.45, 2.75) is 31.9 Å². The third-order valence-corrected chi connectivity index (χ3v) is 5.28. The lowest BCUT2D eigenvalue weighted by molar-refractivity contribution is 0.0643. The van der Waals surface area contributed by atoms with Crippen LogP contribution >= 0.6 is 11.3 Å². The number of rotatable bonds is 4. The third-order valence-electron chi connectivity index (χ3n) is 4.42. The van der Waals surface area contributed by atoms with Crippen LogP contribution in [0.2, 0.25) is 0 Å². The molecular formula is C15H22N4O3S. The van der Waals surface area contributed by atoms with Gasteiger partial charge in [-0.2, -0.15) is 0 Å². The van der Waals surface area contributed by atoms with E-state index in [1.54, 1.807) is 12.6 Å². The van der Waals surface area contributed by atoms with Crippen LogP contribution in [-0.4, -0.2) is 66.1 Å². The number of amides is 3. The fourth-order valence-corrected chi connectivity index (χ4v) is 3.97. The van der Waals surface area contributed by atoms with Gasteiger partial charge in [0, 0.05) is 39.3 Å². The number of nitrogens with zero attached hydrogens (tertiary/aromatic N) is 3. The van der Waals surface area contributed by atoms with E-state index in [9.17, 15) is 9.59 Å². The Morgan fingerprint density at radius 2 is 2.22 bits per heavy atom. The molecule has 1 aromatic rings. The van der Waals surface area contributed by atoms with Gasteiger partial charge >= 0.3 is 6.03 Å². The molecule has 3 heterocycles. The number of urea groups is 1. The van der Waals surface area contributed by atoms with Crippen LogP contribution in [0, 0.1) is 0 Å². The summed E-state index contributed by atoms with van der Waals surface area (Å²) in [5.74, 6) is 0.0288. The highest BCUT2D eigenvalue weighted by atomic mass is 32.1. The molecule has 2 saturated heterocycles. The molecular weight excluding hydrogens is 316 g/mol. The average molecular weight is 338 g/mol. The van der Waals surface area contributed by atoms with Crippen molar-refractivity contribution >= 4 is 23.3 Å². The smallest absolute Gasteiger partial charge is 0.317 e. The van der Waals surface area contributed by atoms with Crippen molar-refractivity contribution in [3.63, 3.8) is 0 Å². The van der Waals surface area contributed by atoms with Gasteiger partial charge in [-0.1, -0.05) is 0 Å². The molecule has 0 atom stereocenters. The largest absolute Gasteiger partial charge is 0.378 e. The second-order valence-corrected chi connectivity index (χ2v) is 6.72. The Morgan fingerprint density at radius 1 is 1.43 bits per heavy atom. The number of methoxy groups -OCH3 is 1. The van der Waals surface area contributed by atoms with E-state index < -0.39 is 0 Å². The average Bonchev–Trinajstić information content (AvgIpc) is 3.03. The molecule has 0 spiro atoms. The number of thiazole rings is 1. The fraction of sp³-hybridized carbons (Fsp3) is 0.667. The van der Waals surface area contributed by atoms with Gasteiger partial charge in [0.1, 0.15) is 4.88 Å². The molecule has 2 aliphatic heterocycles. The summed E-state index contributed by atoms with van der Waals surface area (Å²) in [6.45, 7) is 3.29. The summed E-state index contributed by atoms with van der Waals surface area (Å²) in [6.07, 6.45) is 2.65. The lowest BCUT2D eigenvalue weighted by Gasteiger charge is -2.40. The Bertz CT molecular complexity index is 569. The van der Waals surface area contributed by atoms with Crippen molar-refractivity contribution in [2.24, 2.45) is 0 Å². The van der Waals surface area contributed by atoms with Crippen molar-refractivity contribution in [3.8, 4) is 0 Å². The minimum absolute atomic E-state index is 0.0288. The minimum atomic E-state index is 0.0288. The Kier molecular flexibility index (Phi) is 5.12. The summed E-state index contributed by atoms with van der Waals surface area (Å²) >= 11 is 1.36. The first-order valence-corrected chi connectivity index (χ1v) is 8.83. The molecule has 126 valence electrons. The maximum Gasteiger partial charge on any atom is 0.317 e. The van der Waals surface area contributed by atoms with Crippen molar-refractivity contribution < 1.29 is 14.3 Å². The van der Waals surface area contributed by atoms with Crippen LogP contribution in [0.1, 0.15) is 34.6 Å². The lowest BCUT2D eigenvalue weighted by atomic mass is 10.0. The second-order valence-electron chi connectivity index (χ2n) is 5.86. The number of hydrogen-bond acceptors (Lipinski definition) is 5. The van der Waals surface area contributed by atoms with Crippen molar-refractivity contribution in [3.05, 3.63) is 16.1 Å². The molecule has 23 heavy (non-hydrogen) atoms. The number of nitrogens with one attached hydrogen (secondary N) is 1. The van der Waals surface area contributed by atoms with Gasteiger partial charge in [0.2, 0.25) is 0 Å². The molecule has 3 rings (SSSR count). The van der Waals surface area contributed by atoms with E-state index >= 15 is 0 Å². The number of likely N-dealkylation sites (tertiary alicyclic amines) is 1. The second kappa shape index (κ2) is 7.27. The molecule has 8 heteroatoms. The summed E-state index contributed by atoms with van der Waals surface area (Å²) in [6, 6.07) is 0.269. The van der Waals surface area contributed by atoms with Gasteiger partial charge in [-0.15, -0.1) is 11.3 Å². The minimum Gasteiger partial charge on any atom is -0.378 e. The summed E-state index contributed by atoms with van der Waals surface area (Å²) < 4.78 is 5.09. The van der Waals surface area contributed by atoms with Crippen molar-refractivity contribution in [1.29, 1.82) is 0 Å². The zero-order valence-electron chi connectivity index (χ0n) is 13.3. The fourth-order valence-electron chi connectivity index (χ4n) is 3.20. The zero-order valence-corrected chi connectivity index (χ0v) is 14.1. The molecule has 0 aromatic carbocycles. The van der Waals surface area contributed by atoms with Crippen molar-refractivity contribution in [1.82, 2.24) is 20.1 Å². The predicted octanol–water partition coefficient (Wildman–Crippen LogP) is 1.31. The maximum absolute atomic E-state index is 12.7. The first-order chi connectivity index (χ1) is 11.2. The number of ether oxygens (including phenoxy) is 1. The molecule has 3 amide bonds. The van der Waals surface area contributed by atoms with E-state index in [1.807, 2.05) is 9.80 Å². The van der Waals surface area contributed by atoms with Crippen LogP contribution in [0.3, 0.4) is 0 Å². The van der Waals surface area contributed by atoms with Gasteiger partial charge in [0.15, 0.2) is 0 Å². The molecule has 0 radical (unpaired) electrons. The van der Waals surface area contributed by atoms with Gasteiger partial charge < -0.3 is 19.9 Å². The van der Waals surface area contributed by atoms with E-state index in [1.165, 1.54) is 11.3 Å². The molecule has 0 unspecified atom stereocenters. The van der Waals surface area contributed by atoms with E-state index in [4.69, 9.17) is 4.74 Å². The molecule has 0 saturated carbocycles. The number of carbonyl (C=O) groups excluding carboxylic acids is 2. The summed E-state index contributed by atoms with van der Waals surface area (Å²) in [7, 11) is 1.60. The van der Waals surface area contributed by atoms with Gasteiger partial charge in [-0.3, -0.25) is 4.79 Å². The van der Waals surface area contributed by atoms with E-state index in [2.05, 4.69) is 10.3 Å². The zero-order chi connectivity index (χ0) is 16.2. The first kappa shape index (κ1) is 16.2.